The van der Waals surface area contributed by atoms with Crippen LogP contribution in [0.25, 0.3) is 0 Å². The standard InChI is InChI=1S/C13H17F3O/c1-12(2,3)8-9-7-10(13(14,15)16)5-6-11(9)17-4/h5-7H,8H2,1-4H3. The Balaban J connectivity index is 3.16. The normalized spacial score (nSPS) is 12.6. The molecule has 0 heterocycles. The smallest absolute Gasteiger partial charge is 0.416 e. The van der Waals surface area contributed by atoms with Gasteiger partial charge >= 0.3 is 6.18 Å². The highest BCUT2D eigenvalue weighted by atomic mass is 19.4. The van der Waals surface area contributed by atoms with E-state index in [1.807, 2.05) is 20.8 Å². The molecular weight excluding hydrogens is 229 g/mol. The Morgan fingerprint density at radius 3 is 2.12 bits per heavy atom. The number of alkyl halides is 3. The van der Waals surface area contributed by atoms with E-state index in [-0.39, 0.29) is 5.41 Å². The molecule has 17 heavy (non-hydrogen) atoms. The molecule has 0 saturated carbocycles. The third kappa shape index (κ3) is 3.95. The Labute approximate surface area is 99.6 Å². The number of halogens is 3. The zero-order chi connectivity index (χ0) is 13.3. The Bertz CT molecular complexity index is 389. The average Bonchev–Trinajstić information content (AvgIpc) is 2.13. The van der Waals surface area contributed by atoms with E-state index < -0.39 is 11.7 Å². The first-order valence-corrected chi connectivity index (χ1v) is 5.37. The minimum atomic E-state index is -4.31. The van der Waals surface area contributed by atoms with Crippen molar-refractivity contribution >= 4 is 0 Å². The molecule has 0 radical (unpaired) electrons. The first-order chi connectivity index (χ1) is 7.63. The van der Waals surface area contributed by atoms with Crippen molar-refractivity contribution in [3.8, 4) is 5.75 Å². The number of hydrogen-bond donors (Lipinski definition) is 0. The molecule has 0 aliphatic heterocycles. The molecule has 0 aliphatic carbocycles. The Morgan fingerprint density at radius 2 is 1.71 bits per heavy atom. The van der Waals surface area contributed by atoms with Crippen molar-refractivity contribution < 1.29 is 17.9 Å². The van der Waals surface area contributed by atoms with Gasteiger partial charge in [-0.2, -0.15) is 13.2 Å². The first-order valence-electron chi connectivity index (χ1n) is 5.37. The van der Waals surface area contributed by atoms with Crippen molar-refractivity contribution in [2.75, 3.05) is 7.11 Å². The highest BCUT2D eigenvalue weighted by Gasteiger charge is 2.31. The first kappa shape index (κ1) is 13.9. The highest BCUT2D eigenvalue weighted by Crippen LogP contribution is 2.34. The topological polar surface area (TPSA) is 9.23 Å². The second-order valence-electron chi connectivity index (χ2n) is 5.26. The lowest BCUT2D eigenvalue weighted by atomic mass is 9.87. The van der Waals surface area contributed by atoms with Gasteiger partial charge in [-0.3, -0.25) is 0 Å². The van der Waals surface area contributed by atoms with Gasteiger partial charge < -0.3 is 4.74 Å². The van der Waals surface area contributed by atoms with E-state index in [1.165, 1.54) is 19.2 Å². The zero-order valence-electron chi connectivity index (χ0n) is 10.5. The van der Waals surface area contributed by atoms with Crippen molar-refractivity contribution in [1.82, 2.24) is 0 Å². The van der Waals surface area contributed by atoms with Gasteiger partial charge in [-0.05, 0) is 35.6 Å². The van der Waals surface area contributed by atoms with E-state index in [2.05, 4.69) is 0 Å². The molecule has 96 valence electrons. The zero-order valence-corrected chi connectivity index (χ0v) is 10.5. The maximum atomic E-state index is 12.6. The van der Waals surface area contributed by atoms with Crippen LogP contribution in [0.5, 0.6) is 5.75 Å². The van der Waals surface area contributed by atoms with Gasteiger partial charge in [-0.1, -0.05) is 20.8 Å². The van der Waals surface area contributed by atoms with Gasteiger partial charge in [-0.25, -0.2) is 0 Å². The van der Waals surface area contributed by atoms with Crippen molar-refractivity contribution in [2.45, 2.75) is 33.4 Å². The van der Waals surface area contributed by atoms with E-state index in [0.717, 1.165) is 6.07 Å². The van der Waals surface area contributed by atoms with Crippen LogP contribution >= 0.6 is 0 Å². The van der Waals surface area contributed by atoms with Gasteiger partial charge in [0.25, 0.3) is 0 Å². The van der Waals surface area contributed by atoms with Crippen LogP contribution in [-0.4, -0.2) is 7.11 Å². The molecule has 0 fully saturated rings. The summed E-state index contributed by atoms with van der Waals surface area (Å²) in [5.41, 5.74) is -0.121. The molecule has 4 heteroatoms. The fourth-order valence-corrected chi connectivity index (χ4v) is 1.66. The summed E-state index contributed by atoms with van der Waals surface area (Å²) in [6.45, 7) is 5.94. The maximum Gasteiger partial charge on any atom is 0.416 e. The van der Waals surface area contributed by atoms with Crippen molar-refractivity contribution in [2.24, 2.45) is 5.41 Å². The van der Waals surface area contributed by atoms with E-state index in [4.69, 9.17) is 4.74 Å². The van der Waals surface area contributed by atoms with Crippen molar-refractivity contribution in [1.29, 1.82) is 0 Å². The number of ether oxygens (including phenoxy) is 1. The highest BCUT2D eigenvalue weighted by molar-refractivity contribution is 5.39. The third-order valence-corrected chi connectivity index (χ3v) is 2.33. The summed E-state index contributed by atoms with van der Waals surface area (Å²) < 4.78 is 42.9. The van der Waals surface area contributed by atoms with Gasteiger partial charge in [0.05, 0.1) is 12.7 Å². The van der Waals surface area contributed by atoms with Crippen LogP contribution in [0.3, 0.4) is 0 Å². The number of rotatable bonds is 2. The molecule has 1 aromatic rings. The largest absolute Gasteiger partial charge is 0.496 e. The lowest BCUT2D eigenvalue weighted by Gasteiger charge is -2.21. The Hall–Kier alpha value is -1.19. The minimum Gasteiger partial charge on any atom is -0.496 e. The number of hydrogen-bond acceptors (Lipinski definition) is 1. The van der Waals surface area contributed by atoms with Gasteiger partial charge in [0, 0.05) is 0 Å². The van der Waals surface area contributed by atoms with Crippen LogP contribution in [0.4, 0.5) is 13.2 Å². The molecule has 0 amide bonds. The summed E-state index contributed by atoms with van der Waals surface area (Å²) in [6, 6.07) is 3.60. The van der Waals surface area contributed by atoms with E-state index in [0.29, 0.717) is 17.7 Å². The third-order valence-electron chi connectivity index (χ3n) is 2.33. The number of methoxy groups -OCH3 is 1. The molecule has 0 saturated heterocycles. The van der Waals surface area contributed by atoms with Crippen LogP contribution in [0.2, 0.25) is 0 Å². The predicted molar refractivity (Wildman–Crippen MR) is 61.2 cm³/mol. The molecule has 0 bridgehead atoms. The quantitative estimate of drug-likeness (QED) is 0.755. The summed E-state index contributed by atoms with van der Waals surface area (Å²) in [5.74, 6) is 0.507. The Morgan fingerprint density at radius 1 is 1.12 bits per heavy atom. The van der Waals surface area contributed by atoms with Gasteiger partial charge in [0.2, 0.25) is 0 Å². The molecule has 0 N–H and O–H groups in total. The second kappa shape index (κ2) is 4.59. The number of benzene rings is 1. The van der Waals surface area contributed by atoms with Crippen LogP contribution in [0.1, 0.15) is 31.9 Å². The average molecular weight is 246 g/mol. The Kier molecular flexibility index (Phi) is 3.74. The lowest BCUT2D eigenvalue weighted by Crippen LogP contribution is -2.12. The van der Waals surface area contributed by atoms with Crippen LogP contribution in [0.15, 0.2) is 18.2 Å². The summed E-state index contributed by atoms with van der Waals surface area (Å²) >= 11 is 0. The van der Waals surface area contributed by atoms with Crippen LogP contribution < -0.4 is 4.74 Å². The molecule has 0 spiro atoms. The van der Waals surface area contributed by atoms with Crippen molar-refractivity contribution in [3.05, 3.63) is 29.3 Å². The lowest BCUT2D eigenvalue weighted by molar-refractivity contribution is -0.137. The molecule has 0 unspecified atom stereocenters. The molecule has 0 atom stereocenters. The van der Waals surface area contributed by atoms with E-state index in [1.54, 1.807) is 0 Å². The molecule has 0 aromatic heterocycles. The van der Waals surface area contributed by atoms with E-state index in [9.17, 15) is 13.2 Å². The molecule has 1 nitrogen and oxygen atoms in total. The summed E-state index contributed by atoms with van der Waals surface area (Å²) in [5, 5.41) is 0. The van der Waals surface area contributed by atoms with E-state index >= 15 is 0 Å². The maximum absolute atomic E-state index is 12.6. The second-order valence-corrected chi connectivity index (χ2v) is 5.26. The fraction of sp³-hybridized carbons (Fsp3) is 0.538. The van der Waals surface area contributed by atoms with Crippen LogP contribution in [-0.2, 0) is 12.6 Å². The fourth-order valence-electron chi connectivity index (χ4n) is 1.66. The van der Waals surface area contributed by atoms with Gasteiger partial charge in [-0.15, -0.1) is 0 Å². The van der Waals surface area contributed by atoms with Crippen molar-refractivity contribution in [3.63, 3.8) is 0 Å². The summed E-state index contributed by atoms with van der Waals surface area (Å²) in [4.78, 5) is 0. The summed E-state index contributed by atoms with van der Waals surface area (Å²) in [7, 11) is 1.47. The SMILES string of the molecule is COc1ccc(C(F)(F)F)cc1CC(C)(C)C. The molecule has 0 aliphatic rings. The van der Waals surface area contributed by atoms with Crippen LogP contribution in [0, 0.1) is 5.41 Å². The monoisotopic (exact) mass is 246 g/mol. The molecule has 1 rings (SSSR count). The predicted octanol–water partition coefficient (Wildman–Crippen LogP) is 4.30. The van der Waals surface area contributed by atoms with Gasteiger partial charge in [0.1, 0.15) is 5.75 Å². The van der Waals surface area contributed by atoms with Gasteiger partial charge in [0.15, 0.2) is 0 Å². The minimum absolute atomic E-state index is 0.0858. The molecular formula is C13H17F3O. The summed E-state index contributed by atoms with van der Waals surface area (Å²) in [6.07, 6.45) is -3.76. The molecule has 1 aromatic carbocycles.